The predicted molar refractivity (Wildman–Crippen MR) is 94.4 cm³/mol. The highest BCUT2D eigenvalue weighted by Gasteiger charge is 2.13. The van der Waals surface area contributed by atoms with E-state index in [0.717, 1.165) is 11.5 Å². The minimum atomic E-state index is 0.392. The van der Waals surface area contributed by atoms with Crippen molar-refractivity contribution in [3.8, 4) is 11.5 Å². The molecule has 0 amide bonds. The number of hydrogen-bond acceptors (Lipinski definition) is 2. The van der Waals surface area contributed by atoms with E-state index in [1.165, 1.54) is 22.2 Å². The lowest BCUT2D eigenvalue weighted by molar-refractivity contribution is 0.292. The molecule has 3 rings (SSSR count). The van der Waals surface area contributed by atoms with Gasteiger partial charge in [0.1, 0.15) is 18.1 Å². The third-order valence-electron chi connectivity index (χ3n) is 4.14. The van der Waals surface area contributed by atoms with Gasteiger partial charge in [-0.2, -0.15) is 0 Å². The molecule has 0 saturated carbocycles. The molecule has 3 nitrogen and oxygen atoms in total. The average Bonchev–Trinajstić information content (AvgIpc) is 2.93. The van der Waals surface area contributed by atoms with Crippen LogP contribution in [0.2, 0.25) is 0 Å². The second-order valence-corrected chi connectivity index (χ2v) is 6.07. The van der Waals surface area contributed by atoms with Crippen LogP contribution in [0.1, 0.15) is 31.1 Å². The summed E-state index contributed by atoms with van der Waals surface area (Å²) in [6.07, 6.45) is 0. The van der Waals surface area contributed by atoms with Gasteiger partial charge in [-0.25, -0.2) is 0 Å². The Labute approximate surface area is 137 Å². The summed E-state index contributed by atoms with van der Waals surface area (Å²) in [6, 6.07) is 16.8. The fraction of sp³-hybridized carbons (Fsp3) is 0.300. The van der Waals surface area contributed by atoms with E-state index in [4.69, 9.17) is 9.47 Å². The highest BCUT2D eigenvalue weighted by Crippen LogP contribution is 2.27. The summed E-state index contributed by atoms with van der Waals surface area (Å²) >= 11 is 0. The molecule has 0 aliphatic carbocycles. The van der Waals surface area contributed by atoms with Crippen LogP contribution >= 0.6 is 0 Å². The van der Waals surface area contributed by atoms with E-state index in [0.29, 0.717) is 12.6 Å². The number of aromatic nitrogens is 1. The van der Waals surface area contributed by atoms with Crippen molar-refractivity contribution in [1.29, 1.82) is 0 Å². The zero-order valence-corrected chi connectivity index (χ0v) is 14.2. The van der Waals surface area contributed by atoms with E-state index < -0.39 is 0 Å². The molecule has 0 saturated heterocycles. The minimum Gasteiger partial charge on any atom is -0.497 e. The average molecular weight is 309 g/mol. The number of methoxy groups -OCH3 is 1. The largest absolute Gasteiger partial charge is 0.497 e. The lowest BCUT2D eigenvalue weighted by Gasteiger charge is -2.15. The third kappa shape index (κ3) is 3.04. The molecule has 0 atom stereocenters. The van der Waals surface area contributed by atoms with Gasteiger partial charge in [0.2, 0.25) is 0 Å². The maximum atomic E-state index is 5.98. The molecule has 0 radical (unpaired) electrons. The Bertz CT molecular complexity index is 800. The monoisotopic (exact) mass is 309 g/mol. The topological polar surface area (TPSA) is 23.4 Å². The zero-order chi connectivity index (χ0) is 16.4. The van der Waals surface area contributed by atoms with Crippen molar-refractivity contribution >= 4 is 10.9 Å². The van der Waals surface area contributed by atoms with Crippen LogP contribution in [0.3, 0.4) is 0 Å². The smallest absolute Gasteiger partial charge is 0.128 e. The summed E-state index contributed by atoms with van der Waals surface area (Å²) in [6.45, 7) is 7.12. The Morgan fingerprint density at radius 2 is 1.70 bits per heavy atom. The fourth-order valence-electron chi connectivity index (χ4n) is 3.00. The SMILES string of the molecule is COc1ccc(OCc2cc3c(C)cccc3n2C(C)C)cc1. The van der Waals surface area contributed by atoms with Crippen molar-refractivity contribution in [2.45, 2.75) is 33.4 Å². The molecule has 0 fully saturated rings. The van der Waals surface area contributed by atoms with Crippen LogP contribution in [0, 0.1) is 6.92 Å². The van der Waals surface area contributed by atoms with Crippen molar-refractivity contribution in [3.63, 3.8) is 0 Å². The molecule has 2 aromatic carbocycles. The maximum absolute atomic E-state index is 5.98. The molecule has 0 spiro atoms. The van der Waals surface area contributed by atoms with Crippen LogP contribution in [0.25, 0.3) is 10.9 Å². The summed E-state index contributed by atoms with van der Waals surface area (Å²) in [5.41, 5.74) is 3.76. The van der Waals surface area contributed by atoms with Gasteiger partial charge in [-0.3, -0.25) is 0 Å². The van der Waals surface area contributed by atoms with E-state index in [1.807, 2.05) is 24.3 Å². The van der Waals surface area contributed by atoms with E-state index in [1.54, 1.807) is 7.11 Å². The van der Waals surface area contributed by atoms with Crippen molar-refractivity contribution in [2.24, 2.45) is 0 Å². The first-order valence-electron chi connectivity index (χ1n) is 7.96. The van der Waals surface area contributed by atoms with E-state index in [-0.39, 0.29) is 0 Å². The van der Waals surface area contributed by atoms with E-state index in [2.05, 4.69) is 49.6 Å². The van der Waals surface area contributed by atoms with Crippen LogP contribution in [0.4, 0.5) is 0 Å². The summed E-state index contributed by atoms with van der Waals surface area (Å²) in [5, 5.41) is 1.30. The Morgan fingerprint density at radius 1 is 1.00 bits per heavy atom. The highest BCUT2D eigenvalue weighted by molar-refractivity contribution is 5.84. The summed E-state index contributed by atoms with van der Waals surface area (Å²) in [4.78, 5) is 0. The van der Waals surface area contributed by atoms with Gasteiger partial charge in [0.15, 0.2) is 0 Å². The van der Waals surface area contributed by atoms with E-state index >= 15 is 0 Å². The number of rotatable bonds is 5. The summed E-state index contributed by atoms with van der Waals surface area (Å²) in [7, 11) is 1.67. The molecular formula is C20H23NO2. The van der Waals surface area contributed by atoms with E-state index in [9.17, 15) is 0 Å². The van der Waals surface area contributed by atoms with Crippen molar-refractivity contribution in [2.75, 3.05) is 7.11 Å². The number of fused-ring (bicyclic) bond motifs is 1. The Kier molecular flexibility index (Phi) is 4.28. The first kappa shape index (κ1) is 15.5. The van der Waals surface area contributed by atoms with Gasteiger partial charge in [-0.1, -0.05) is 12.1 Å². The van der Waals surface area contributed by atoms with Gasteiger partial charge in [-0.05, 0) is 62.7 Å². The van der Waals surface area contributed by atoms with Gasteiger partial charge < -0.3 is 14.0 Å². The normalized spacial score (nSPS) is 11.2. The number of ether oxygens (including phenoxy) is 2. The van der Waals surface area contributed by atoms with Gasteiger partial charge in [0, 0.05) is 16.9 Å². The standard InChI is InChI=1S/C20H23NO2/c1-14(2)21-16(12-19-15(3)6-5-7-20(19)21)13-23-18-10-8-17(22-4)9-11-18/h5-12,14H,13H2,1-4H3. The molecule has 0 aliphatic heterocycles. The molecule has 0 aliphatic rings. The zero-order valence-electron chi connectivity index (χ0n) is 14.2. The van der Waals surface area contributed by atoms with Crippen LogP contribution in [0.5, 0.6) is 11.5 Å². The first-order valence-corrected chi connectivity index (χ1v) is 7.96. The number of benzene rings is 2. The van der Waals surface area contributed by atoms with Crippen molar-refractivity contribution in [1.82, 2.24) is 4.57 Å². The van der Waals surface area contributed by atoms with Gasteiger partial charge in [0.25, 0.3) is 0 Å². The summed E-state index contributed by atoms with van der Waals surface area (Å²) < 4.78 is 13.5. The third-order valence-corrected chi connectivity index (χ3v) is 4.14. The molecule has 1 aromatic heterocycles. The molecule has 0 unspecified atom stereocenters. The molecule has 3 aromatic rings. The molecule has 23 heavy (non-hydrogen) atoms. The highest BCUT2D eigenvalue weighted by atomic mass is 16.5. The fourth-order valence-corrected chi connectivity index (χ4v) is 3.00. The number of hydrogen-bond donors (Lipinski definition) is 0. The van der Waals surface area contributed by atoms with Crippen molar-refractivity contribution in [3.05, 3.63) is 59.8 Å². The van der Waals surface area contributed by atoms with Crippen molar-refractivity contribution < 1.29 is 9.47 Å². The molecule has 3 heteroatoms. The summed E-state index contributed by atoms with van der Waals surface area (Å²) in [5.74, 6) is 1.69. The van der Waals surface area contributed by atoms with Gasteiger partial charge in [-0.15, -0.1) is 0 Å². The number of aryl methyl sites for hydroxylation is 1. The van der Waals surface area contributed by atoms with Crippen LogP contribution in [-0.4, -0.2) is 11.7 Å². The molecular weight excluding hydrogens is 286 g/mol. The molecule has 1 heterocycles. The maximum Gasteiger partial charge on any atom is 0.128 e. The molecule has 0 N–H and O–H groups in total. The minimum absolute atomic E-state index is 0.392. The Morgan fingerprint density at radius 3 is 2.35 bits per heavy atom. The molecule has 120 valence electrons. The first-order chi connectivity index (χ1) is 11.1. The Balaban J connectivity index is 1.89. The Hall–Kier alpha value is -2.42. The second-order valence-electron chi connectivity index (χ2n) is 6.07. The quantitative estimate of drug-likeness (QED) is 0.653. The van der Waals surface area contributed by atoms with Gasteiger partial charge in [0.05, 0.1) is 12.8 Å². The lowest BCUT2D eigenvalue weighted by atomic mass is 10.1. The lowest BCUT2D eigenvalue weighted by Crippen LogP contribution is -2.08. The van der Waals surface area contributed by atoms with Crippen LogP contribution in [0.15, 0.2) is 48.5 Å². The van der Waals surface area contributed by atoms with Gasteiger partial charge >= 0.3 is 0 Å². The molecule has 0 bridgehead atoms. The predicted octanol–water partition coefficient (Wildman–Crippen LogP) is 5.12. The van der Waals surface area contributed by atoms with Crippen LogP contribution < -0.4 is 9.47 Å². The number of nitrogens with zero attached hydrogens (tertiary/aromatic N) is 1. The van der Waals surface area contributed by atoms with Crippen LogP contribution in [-0.2, 0) is 6.61 Å². The second kappa shape index (κ2) is 6.37.